The lowest BCUT2D eigenvalue weighted by molar-refractivity contribution is 0.336. The molecule has 1 heterocycles. The normalized spacial score (nSPS) is 10.8. The third kappa shape index (κ3) is 7.19. The maximum Gasteiger partial charge on any atom is 0.191 e. The van der Waals surface area contributed by atoms with E-state index in [1.807, 2.05) is 37.5 Å². The number of ether oxygens (including phenoxy) is 1. The predicted molar refractivity (Wildman–Crippen MR) is 119 cm³/mol. The van der Waals surface area contributed by atoms with Gasteiger partial charge in [-0.25, -0.2) is 4.99 Å². The van der Waals surface area contributed by atoms with E-state index in [4.69, 9.17) is 4.74 Å². The molecule has 0 saturated carbocycles. The number of aliphatic imine (C=N–C) groups is 1. The highest BCUT2D eigenvalue weighted by atomic mass is 127. The van der Waals surface area contributed by atoms with Gasteiger partial charge in [0.05, 0.1) is 13.2 Å². The van der Waals surface area contributed by atoms with Gasteiger partial charge in [0.1, 0.15) is 5.75 Å². The Morgan fingerprint density at radius 1 is 1.12 bits per heavy atom. The Bertz CT molecular complexity index is 691. The number of guanidine groups is 1. The van der Waals surface area contributed by atoms with Crippen LogP contribution in [0.5, 0.6) is 5.75 Å². The lowest BCUT2D eigenvalue weighted by Crippen LogP contribution is -2.38. The largest absolute Gasteiger partial charge is 0.494 e. The van der Waals surface area contributed by atoms with Crippen LogP contribution in [-0.4, -0.2) is 30.6 Å². The molecule has 0 saturated heterocycles. The highest BCUT2D eigenvalue weighted by molar-refractivity contribution is 14.0. The van der Waals surface area contributed by atoms with Crippen molar-refractivity contribution in [2.45, 2.75) is 33.7 Å². The fourth-order valence-electron chi connectivity index (χ4n) is 2.54. The van der Waals surface area contributed by atoms with Gasteiger partial charge in [-0.1, -0.05) is 18.2 Å². The molecule has 0 radical (unpaired) electrons. The first kappa shape index (κ1) is 22.2. The fourth-order valence-corrected chi connectivity index (χ4v) is 2.54. The van der Waals surface area contributed by atoms with E-state index < -0.39 is 0 Å². The van der Waals surface area contributed by atoms with Crippen molar-refractivity contribution in [1.29, 1.82) is 0 Å². The van der Waals surface area contributed by atoms with Crippen LogP contribution in [-0.2, 0) is 13.0 Å². The van der Waals surface area contributed by atoms with E-state index >= 15 is 0 Å². The zero-order valence-electron chi connectivity index (χ0n) is 15.8. The number of pyridine rings is 1. The van der Waals surface area contributed by atoms with Crippen molar-refractivity contribution >= 4 is 29.9 Å². The van der Waals surface area contributed by atoms with Gasteiger partial charge >= 0.3 is 0 Å². The maximum atomic E-state index is 5.67. The summed E-state index contributed by atoms with van der Waals surface area (Å²) in [6.07, 6.45) is 4.68. The monoisotopic (exact) mass is 468 g/mol. The van der Waals surface area contributed by atoms with E-state index in [1.54, 1.807) is 0 Å². The van der Waals surface area contributed by atoms with E-state index in [9.17, 15) is 0 Å². The molecular weight excluding hydrogens is 439 g/mol. The summed E-state index contributed by atoms with van der Waals surface area (Å²) >= 11 is 0. The number of halogens is 1. The molecule has 0 bridgehead atoms. The molecule has 142 valence electrons. The minimum absolute atomic E-state index is 0. The Hall–Kier alpha value is -1.83. The number of nitrogens with zero attached hydrogens (tertiary/aromatic N) is 2. The number of hydrogen-bond acceptors (Lipinski definition) is 3. The first-order valence-electron chi connectivity index (χ1n) is 8.87. The Balaban J connectivity index is 0.00000338. The van der Waals surface area contributed by atoms with Crippen molar-refractivity contribution in [2.75, 3.05) is 19.7 Å². The van der Waals surface area contributed by atoms with Crippen molar-refractivity contribution in [1.82, 2.24) is 15.6 Å². The number of nitrogens with one attached hydrogen (secondary N) is 2. The molecular formula is C20H29IN4O. The molecule has 0 atom stereocenters. The summed E-state index contributed by atoms with van der Waals surface area (Å²) in [5.74, 6) is 1.72. The highest BCUT2D eigenvalue weighted by Gasteiger charge is 2.03. The van der Waals surface area contributed by atoms with Crippen LogP contribution < -0.4 is 15.4 Å². The van der Waals surface area contributed by atoms with Crippen molar-refractivity contribution in [3.63, 3.8) is 0 Å². The van der Waals surface area contributed by atoms with Crippen LogP contribution in [0.4, 0.5) is 0 Å². The van der Waals surface area contributed by atoms with Crippen molar-refractivity contribution < 1.29 is 4.74 Å². The molecule has 26 heavy (non-hydrogen) atoms. The van der Waals surface area contributed by atoms with Crippen LogP contribution in [0.3, 0.4) is 0 Å². The maximum absolute atomic E-state index is 5.67. The summed E-state index contributed by atoms with van der Waals surface area (Å²) < 4.78 is 5.67. The van der Waals surface area contributed by atoms with Gasteiger partial charge in [0.2, 0.25) is 0 Å². The molecule has 1 aromatic carbocycles. The minimum atomic E-state index is 0. The van der Waals surface area contributed by atoms with Gasteiger partial charge in [0.15, 0.2) is 5.96 Å². The molecule has 5 nitrogen and oxygen atoms in total. The number of para-hydroxylation sites is 1. The lowest BCUT2D eigenvalue weighted by atomic mass is 10.1. The van der Waals surface area contributed by atoms with Gasteiger partial charge < -0.3 is 15.4 Å². The van der Waals surface area contributed by atoms with Crippen LogP contribution in [0, 0.1) is 6.92 Å². The zero-order valence-corrected chi connectivity index (χ0v) is 18.1. The summed E-state index contributed by atoms with van der Waals surface area (Å²) in [7, 11) is 0. The molecule has 6 heteroatoms. The molecule has 2 N–H and O–H groups in total. The SMILES string of the molecule is CCNC(=NCc1ccccc1OCC)NCCc1ccncc1C.I. The number of benzene rings is 1. The van der Waals surface area contributed by atoms with Crippen LogP contribution in [0.2, 0.25) is 0 Å². The third-order valence-electron chi connectivity index (χ3n) is 3.85. The lowest BCUT2D eigenvalue weighted by Gasteiger charge is -2.13. The number of aryl methyl sites for hydroxylation is 1. The fraction of sp³-hybridized carbons (Fsp3) is 0.400. The first-order valence-corrected chi connectivity index (χ1v) is 8.87. The topological polar surface area (TPSA) is 58.5 Å². The predicted octanol–water partition coefficient (Wildman–Crippen LogP) is 3.70. The second kappa shape index (κ2) is 12.5. The minimum Gasteiger partial charge on any atom is -0.494 e. The average Bonchev–Trinajstić information content (AvgIpc) is 2.62. The van der Waals surface area contributed by atoms with Crippen LogP contribution in [0.15, 0.2) is 47.7 Å². The highest BCUT2D eigenvalue weighted by Crippen LogP contribution is 2.18. The molecule has 2 rings (SSSR count). The van der Waals surface area contributed by atoms with E-state index in [0.717, 1.165) is 36.8 Å². The summed E-state index contributed by atoms with van der Waals surface area (Å²) in [6, 6.07) is 10.1. The molecule has 0 aliphatic rings. The van der Waals surface area contributed by atoms with Gasteiger partial charge in [-0.2, -0.15) is 0 Å². The Labute approximate surface area is 173 Å². The second-order valence-electron chi connectivity index (χ2n) is 5.71. The molecule has 0 fully saturated rings. The van der Waals surface area contributed by atoms with Gasteiger partial charge in [-0.15, -0.1) is 24.0 Å². The van der Waals surface area contributed by atoms with Gasteiger partial charge in [0.25, 0.3) is 0 Å². The average molecular weight is 468 g/mol. The molecule has 0 amide bonds. The summed E-state index contributed by atoms with van der Waals surface area (Å²) in [5.41, 5.74) is 3.61. The molecule has 0 aliphatic heterocycles. The van der Waals surface area contributed by atoms with Crippen LogP contribution >= 0.6 is 24.0 Å². The van der Waals surface area contributed by atoms with Crippen molar-refractivity contribution in [2.24, 2.45) is 4.99 Å². The van der Waals surface area contributed by atoms with Crippen molar-refractivity contribution in [3.05, 3.63) is 59.4 Å². The van der Waals surface area contributed by atoms with Gasteiger partial charge in [-0.3, -0.25) is 4.98 Å². The molecule has 1 aromatic heterocycles. The van der Waals surface area contributed by atoms with E-state index in [0.29, 0.717) is 13.2 Å². The van der Waals surface area contributed by atoms with Gasteiger partial charge in [-0.05, 0) is 50.5 Å². The van der Waals surface area contributed by atoms with Crippen LogP contribution in [0.1, 0.15) is 30.5 Å². The summed E-state index contributed by atoms with van der Waals surface area (Å²) in [6.45, 7) is 9.04. The Kier molecular flexibility index (Phi) is 10.7. The summed E-state index contributed by atoms with van der Waals surface area (Å²) in [5, 5.41) is 6.69. The summed E-state index contributed by atoms with van der Waals surface area (Å²) in [4.78, 5) is 8.82. The number of hydrogen-bond donors (Lipinski definition) is 2. The van der Waals surface area contributed by atoms with E-state index in [2.05, 4.69) is 46.6 Å². The van der Waals surface area contributed by atoms with Crippen molar-refractivity contribution in [3.8, 4) is 5.75 Å². The Morgan fingerprint density at radius 2 is 1.92 bits per heavy atom. The van der Waals surface area contributed by atoms with E-state index in [-0.39, 0.29) is 24.0 Å². The quantitative estimate of drug-likeness (QED) is 0.353. The second-order valence-corrected chi connectivity index (χ2v) is 5.71. The smallest absolute Gasteiger partial charge is 0.191 e. The molecule has 0 spiro atoms. The first-order chi connectivity index (χ1) is 12.2. The number of aromatic nitrogens is 1. The molecule has 2 aromatic rings. The van der Waals surface area contributed by atoms with Crippen LogP contribution in [0.25, 0.3) is 0 Å². The standard InChI is InChI=1S/C20H28N4O.HI/c1-4-22-20(23-13-11-17-10-12-21-14-16(17)3)24-15-18-8-6-7-9-19(18)25-5-2;/h6-10,12,14H,4-5,11,13,15H2,1-3H3,(H2,22,23,24);1H. The Morgan fingerprint density at radius 3 is 2.65 bits per heavy atom. The molecule has 0 unspecified atom stereocenters. The van der Waals surface area contributed by atoms with E-state index in [1.165, 1.54) is 11.1 Å². The number of rotatable bonds is 8. The molecule has 0 aliphatic carbocycles. The van der Waals surface area contributed by atoms with Gasteiger partial charge in [0, 0.05) is 31.0 Å². The zero-order chi connectivity index (χ0) is 17.9. The third-order valence-corrected chi connectivity index (χ3v) is 3.85.